The summed E-state index contributed by atoms with van der Waals surface area (Å²) in [6, 6.07) is 4.97. The van der Waals surface area contributed by atoms with Gasteiger partial charge in [0.15, 0.2) is 0 Å². The first kappa shape index (κ1) is 15.6. The summed E-state index contributed by atoms with van der Waals surface area (Å²) in [5.41, 5.74) is 0.810. The topological polar surface area (TPSA) is 58.6 Å². The fraction of sp³-hybridized carbons (Fsp3) is 0.588. The van der Waals surface area contributed by atoms with Crippen LogP contribution in [0.2, 0.25) is 5.02 Å². The Bertz CT molecular complexity index is 555. The largest absolute Gasteiger partial charge is 0.506 e. The third kappa shape index (κ3) is 3.55. The molecule has 1 saturated carbocycles. The highest BCUT2D eigenvalue weighted by Gasteiger charge is 2.41. The molecule has 1 aliphatic carbocycles. The Labute approximate surface area is 135 Å². The molecule has 2 aliphatic rings. The van der Waals surface area contributed by atoms with Crippen LogP contribution in [0.15, 0.2) is 18.2 Å². The summed E-state index contributed by atoms with van der Waals surface area (Å²) in [5, 5.41) is 12.7. The molecule has 4 nitrogen and oxygen atoms in total. The summed E-state index contributed by atoms with van der Waals surface area (Å²) >= 11 is 5.86. The summed E-state index contributed by atoms with van der Waals surface area (Å²) in [6.45, 7) is 0.613. The molecule has 0 unspecified atom stereocenters. The molecule has 1 amide bonds. The second kappa shape index (κ2) is 6.47. The molecule has 1 spiro atoms. The van der Waals surface area contributed by atoms with Crippen molar-refractivity contribution in [3.8, 4) is 5.75 Å². The average molecular weight is 324 g/mol. The minimum atomic E-state index is -0.0248. The molecule has 1 aliphatic heterocycles. The first-order valence-electron chi connectivity index (χ1n) is 7.97. The molecule has 22 heavy (non-hydrogen) atoms. The lowest BCUT2D eigenvalue weighted by Crippen LogP contribution is -2.38. The summed E-state index contributed by atoms with van der Waals surface area (Å²) in [7, 11) is 0. The molecule has 1 heterocycles. The number of hydrogen-bond acceptors (Lipinski definition) is 3. The average Bonchev–Trinajstić information content (AvgIpc) is 2.86. The number of ether oxygens (including phenoxy) is 1. The van der Waals surface area contributed by atoms with Gasteiger partial charge in [0.25, 0.3) is 0 Å². The molecule has 1 aromatic carbocycles. The van der Waals surface area contributed by atoms with Gasteiger partial charge in [0.05, 0.1) is 29.7 Å². The zero-order valence-electron chi connectivity index (χ0n) is 12.6. The van der Waals surface area contributed by atoms with Gasteiger partial charge in [-0.05, 0) is 37.0 Å². The van der Waals surface area contributed by atoms with Crippen LogP contribution in [-0.2, 0) is 16.0 Å². The lowest BCUT2D eigenvalue weighted by atomic mass is 9.82. The number of amides is 1. The molecule has 2 fully saturated rings. The van der Waals surface area contributed by atoms with Gasteiger partial charge in [0.2, 0.25) is 5.91 Å². The third-order valence-corrected chi connectivity index (χ3v) is 5.02. The van der Waals surface area contributed by atoms with Gasteiger partial charge in [0, 0.05) is 0 Å². The molecule has 5 heteroatoms. The van der Waals surface area contributed by atoms with Crippen LogP contribution in [0.5, 0.6) is 5.75 Å². The molecular weight excluding hydrogens is 302 g/mol. The SMILES string of the molecule is O=C(Cc1ccc(O)c(Cl)c1)N[C@H]1COC2(CCCCC2)C1. The van der Waals surface area contributed by atoms with E-state index in [2.05, 4.69) is 5.32 Å². The lowest BCUT2D eigenvalue weighted by Gasteiger charge is -2.32. The van der Waals surface area contributed by atoms with Gasteiger partial charge in [-0.25, -0.2) is 0 Å². The Hall–Kier alpha value is -1.26. The summed E-state index contributed by atoms with van der Waals surface area (Å²) in [5.74, 6) is 0.0115. The Balaban J connectivity index is 1.53. The standard InChI is InChI=1S/C17H22ClNO3/c18-14-8-12(4-5-15(14)20)9-16(21)19-13-10-17(22-11-13)6-2-1-3-7-17/h4-5,8,13,20H,1-3,6-7,9-11H2,(H,19,21)/t13-/m1/s1. The fourth-order valence-corrected chi connectivity index (χ4v) is 3.81. The number of nitrogens with one attached hydrogen (secondary N) is 1. The number of carbonyl (C=O) groups is 1. The number of rotatable bonds is 3. The highest BCUT2D eigenvalue weighted by molar-refractivity contribution is 6.32. The highest BCUT2D eigenvalue weighted by Crippen LogP contribution is 2.39. The smallest absolute Gasteiger partial charge is 0.224 e. The van der Waals surface area contributed by atoms with Crippen molar-refractivity contribution in [2.75, 3.05) is 6.61 Å². The van der Waals surface area contributed by atoms with Crippen LogP contribution in [-0.4, -0.2) is 29.3 Å². The van der Waals surface area contributed by atoms with Crippen LogP contribution >= 0.6 is 11.6 Å². The van der Waals surface area contributed by atoms with Crippen LogP contribution in [0.4, 0.5) is 0 Å². The van der Waals surface area contributed by atoms with E-state index in [1.807, 2.05) is 0 Å². The number of phenolic OH excluding ortho intramolecular Hbond substituents is 1. The molecule has 1 atom stereocenters. The van der Waals surface area contributed by atoms with Gasteiger partial charge in [0.1, 0.15) is 5.75 Å². The molecule has 0 bridgehead atoms. The van der Waals surface area contributed by atoms with Crippen molar-refractivity contribution in [3.05, 3.63) is 28.8 Å². The van der Waals surface area contributed by atoms with Gasteiger partial charge in [-0.15, -0.1) is 0 Å². The molecule has 120 valence electrons. The van der Waals surface area contributed by atoms with Crippen molar-refractivity contribution >= 4 is 17.5 Å². The Morgan fingerprint density at radius 1 is 1.36 bits per heavy atom. The van der Waals surface area contributed by atoms with Gasteiger partial charge in [-0.1, -0.05) is 36.9 Å². The summed E-state index contributed by atoms with van der Waals surface area (Å²) in [4.78, 5) is 12.2. The van der Waals surface area contributed by atoms with E-state index in [0.29, 0.717) is 6.61 Å². The van der Waals surface area contributed by atoms with Gasteiger partial charge in [-0.2, -0.15) is 0 Å². The predicted octanol–water partition coefficient (Wildman–Crippen LogP) is 3.20. The first-order chi connectivity index (χ1) is 10.6. The maximum Gasteiger partial charge on any atom is 0.224 e. The molecular formula is C17H22ClNO3. The van der Waals surface area contributed by atoms with E-state index < -0.39 is 0 Å². The van der Waals surface area contributed by atoms with E-state index in [4.69, 9.17) is 16.3 Å². The molecule has 0 radical (unpaired) electrons. The van der Waals surface area contributed by atoms with Crippen molar-refractivity contribution in [2.45, 2.75) is 56.6 Å². The summed E-state index contributed by atoms with van der Waals surface area (Å²) in [6.07, 6.45) is 7.18. The van der Waals surface area contributed by atoms with Crippen LogP contribution in [0.25, 0.3) is 0 Å². The van der Waals surface area contributed by atoms with E-state index in [0.717, 1.165) is 24.8 Å². The third-order valence-electron chi connectivity index (χ3n) is 4.72. The maximum absolute atomic E-state index is 12.2. The van der Waals surface area contributed by atoms with E-state index >= 15 is 0 Å². The molecule has 1 aromatic rings. The van der Waals surface area contributed by atoms with E-state index in [1.54, 1.807) is 12.1 Å². The predicted molar refractivity (Wildman–Crippen MR) is 85.1 cm³/mol. The number of halogens is 1. The molecule has 0 aromatic heterocycles. The number of phenols is 1. The second-order valence-corrected chi connectivity index (χ2v) is 6.89. The van der Waals surface area contributed by atoms with Crippen molar-refractivity contribution in [1.29, 1.82) is 0 Å². The minimum Gasteiger partial charge on any atom is -0.506 e. The van der Waals surface area contributed by atoms with Crippen molar-refractivity contribution < 1.29 is 14.6 Å². The molecule has 3 rings (SSSR count). The first-order valence-corrected chi connectivity index (χ1v) is 8.35. The number of aromatic hydroxyl groups is 1. The Morgan fingerprint density at radius 2 is 2.14 bits per heavy atom. The van der Waals surface area contributed by atoms with Gasteiger partial charge >= 0.3 is 0 Å². The Morgan fingerprint density at radius 3 is 2.86 bits per heavy atom. The van der Waals surface area contributed by atoms with E-state index in [-0.39, 0.29) is 34.7 Å². The van der Waals surface area contributed by atoms with Gasteiger partial charge in [-0.3, -0.25) is 4.79 Å². The van der Waals surface area contributed by atoms with Crippen LogP contribution in [0, 0.1) is 0 Å². The number of carbonyl (C=O) groups excluding carboxylic acids is 1. The Kier molecular flexibility index (Phi) is 4.59. The van der Waals surface area contributed by atoms with Crippen LogP contribution < -0.4 is 5.32 Å². The second-order valence-electron chi connectivity index (χ2n) is 6.49. The van der Waals surface area contributed by atoms with E-state index in [1.165, 1.54) is 25.3 Å². The van der Waals surface area contributed by atoms with Crippen LogP contribution in [0.3, 0.4) is 0 Å². The molecule has 2 N–H and O–H groups in total. The number of hydrogen-bond donors (Lipinski definition) is 2. The highest BCUT2D eigenvalue weighted by atomic mass is 35.5. The van der Waals surface area contributed by atoms with Crippen molar-refractivity contribution in [3.63, 3.8) is 0 Å². The lowest BCUT2D eigenvalue weighted by molar-refractivity contribution is -0.121. The van der Waals surface area contributed by atoms with E-state index in [9.17, 15) is 9.90 Å². The number of benzene rings is 1. The van der Waals surface area contributed by atoms with Crippen LogP contribution in [0.1, 0.15) is 44.1 Å². The maximum atomic E-state index is 12.2. The van der Waals surface area contributed by atoms with Gasteiger partial charge < -0.3 is 15.2 Å². The summed E-state index contributed by atoms with van der Waals surface area (Å²) < 4.78 is 6.01. The normalized spacial score (nSPS) is 23.6. The van der Waals surface area contributed by atoms with Crippen molar-refractivity contribution in [2.24, 2.45) is 0 Å². The zero-order valence-corrected chi connectivity index (χ0v) is 13.4. The molecule has 1 saturated heterocycles. The quantitative estimate of drug-likeness (QED) is 0.898. The minimum absolute atomic E-state index is 0.0119. The zero-order chi connectivity index (χ0) is 15.6. The monoisotopic (exact) mass is 323 g/mol. The van der Waals surface area contributed by atoms with Crippen molar-refractivity contribution in [1.82, 2.24) is 5.32 Å². The fourth-order valence-electron chi connectivity index (χ4n) is 3.61.